The monoisotopic (exact) mass is 546 g/mol. The maximum absolute atomic E-state index is 12.7. The number of amides is 3. The number of para-hydroxylation sites is 1. The molecule has 0 fully saturated rings. The van der Waals surface area contributed by atoms with E-state index in [0.717, 1.165) is 23.1 Å². The van der Waals surface area contributed by atoms with E-state index in [2.05, 4.69) is 15.7 Å². The van der Waals surface area contributed by atoms with Crippen LogP contribution in [0.15, 0.2) is 82.8 Å². The molecule has 1 unspecified atom stereocenters. The van der Waals surface area contributed by atoms with Gasteiger partial charge in [-0.15, -0.1) is 11.8 Å². The summed E-state index contributed by atoms with van der Waals surface area (Å²) in [6.45, 7) is 1.70. The van der Waals surface area contributed by atoms with Crippen LogP contribution in [0.5, 0.6) is 0 Å². The summed E-state index contributed by atoms with van der Waals surface area (Å²) in [5.41, 5.74) is 0.122. The molecule has 4 N–H and O–H groups in total. The zero-order chi connectivity index (χ0) is 28.1. The summed E-state index contributed by atoms with van der Waals surface area (Å²) >= 11 is 1.26. The highest BCUT2D eigenvalue weighted by Crippen LogP contribution is 2.26. The number of nitrogens with one attached hydrogen (secondary N) is 2. The largest absolute Gasteiger partial charge is 0.478 e. The summed E-state index contributed by atoms with van der Waals surface area (Å²) in [5.74, 6) is -3.76. The van der Waals surface area contributed by atoms with Crippen LogP contribution in [-0.4, -0.2) is 51.0 Å². The standard InChI is InChI=1S/C27H22N4O7S/c1-15(24(33)29-22-14-23(32)31(30-22)18-5-3-2-4-6-18)39-19-10-8-17(9-11-19)28-25(34)20-12-7-16(26(35)36)13-21(20)27(37)38/h2-13,15H,14H2,1H3,(H,28,34)(H,35,36)(H,37,38)(H,29,30,33). The normalized spacial score (nSPS) is 13.4. The van der Waals surface area contributed by atoms with Gasteiger partial charge in [0.2, 0.25) is 5.91 Å². The Kier molecular flexibility index (Phi) is 8.06. The van der Waals surface area contributed by atoms with Crippen LogP contribution in [-0.2, 0) is 9.59 Å². The number of thioether (sulfide) groups is 1. The van der Waals surface area contributed by atoms with Gasteiger partial charge in [-0.05, 0) is 61.5 Å². The minimum atomic E-state index is -1.43. The number of carboxylic acids is 2. The van der Waals surface area contributed by atoms with Gasteiger partial charge >= 0.3 is 11.9 Å². The van der Waals surface area contributed by atoms with E-state index in [1.165, 1.54) is 16.8 Å². The minimum Gasteiger partial charge on any atom is -0.478 e. The number of hydrogen-bond acceptors (Lipinski definition) is 7. The lowest BCUT2D eigenvalue weighted by molar-refractivity contribution is -0.118. The van der Waals surface area contributed by atoms with Crippen molar-refractivity contribution >= 4 is 58.6 Å². The number of aromatic carboxylic acids is 2. The zero-order valence-corrected chi connectivity index (χ0v) is 21.3. The summed E-state index contributed by atoms with van der Waals surface area (Å²) in [6.07, 6.45) is -0.0188. The van der Waals surface area contributed by atoms with Gasteiger partial charge in [0, 0.05) is 10.6 Å². The molecule has 3 aromatic carbocycles. The quantitative estimate of drug-likeness (QED) is 0.311. The second kappa shape index (κ2) is 11.6. The van der Waals surface area contributed by atoms with Crippen LogP contribution in [0.3, 0.4) is 0 Å². The highest BCUT2D eigenvalue weighted by Gasteiger charge is 2.27. The van der Waals surface area contributed by atoms with E-state index in [1.807, 2.05) is 6.07 Å². The Labute approximate surface area is 226 Å². The fourth-order valence-corrected chi connectivity index (χ4v) is 4.51. The number of hydrazone groups is 1. The fourth-order valence-electron chi connectivity index (χ4n) is 3.64. The van der Waals surface area contributed by atoms with Crippen molar-refractivity contribution in [3.63, 3.8) is 0 Å². The van der Waals surface area contributed by atoms with E-state index in [9.17, 15) is 29.1 Å². The number of carbonyl (C=O) groups is 5. The number of benzene rings is 3. The lowest BCUT2D eigenvalue weighted by Gasteiger charge is -2.12. The van der Waals surface area contributed by atoms with Crippen LogP contribution in [0.1, 0.15) is 44.4 Å². The Morgan fingerprint density at radius 1 is 0.897 bits per heavy atom. The van der Waals surface area contributed by atoms with Gasteiger partial charge in [-0.3, -0.25) is 14.4 Å². The van der Waals surface area contributed by atoms with Gasteiger partial charge in [0.15, 0.2) is 0 Å². The number of nitrogens with zero attached hydrogens (tertiary/aromatic N) is 2. The van der Waals surface area contributed by atoms with Crippen LogP contribution < -0.4 is 15.6 Å². The van der Waals surface area contributed by atoms with Crippen molar-refractivity contribution in [1.82, 2.24) is 5.32 Å². The molecule has 0 spiro atoms. The molecule has 39 heavy (non-hydrogen) atoms. The van der Waals surface area contributed by atoms with Gasteiger partial charge in [0.25, 0.3) is 11.8 Å². The predicted molar refractivity (Wildman–Crippen MR) is 144 cm³/mol. The predicted octanol–water partition coefficient (Wildman–Crippen LogP) is 3.68. The Bertz CT molecular complexity index is 1490. The second-order valence-electron chi connectivity index (χ2n) is 8.36. The van der Waals surface area contributed by atoms with E-state index in [4.69, 9.17) is 5.11 Å². The third kappa shape index (κ3) is 6.48. The van der Waals surface area contributed by atoms with Gasteiger partial charge in [-0.25, -0.2) is 9.59 Å². The molecule has 0 saturated carbocycles. The Morgan fingerprint density at radius 2 is 1.59 bits per heavy atom. The van der Waals surface area contributed by atoms with Crippen LogP contribution in [0.25, 0.3) is 0 Å². The summed E-state index contributed by atoms with van der Waals surface area (Å²) in [6, 6.07) is 18.7. The number of hydrogen-bond donors (Lipinski definition) is 4. The molecule has 0 bridgehead atoms. The number of rotatable bonds is 8. The van der Waals surface area contributed by atoms with Crippen LogP contribution in [0.2, 0.25) is 0 Å². The maximum atomic E-state index is 12.7. The molecule has 0 saturated heterocycles. The molecule has 4 rings (SSSR count). The summed E-state index contributed by atoms with van der Waals surface area (Å²) in [4.78, 5) is 61.0. The molecule has 3 aromatic rings. The lowest BCUT2D eigenvalue weighted by atomic mass is 10.0. The molecule has 3 amide bonds. The first kappa shape index (κ1) is 27.1. The summed E-state index contributed by atoms with van der Waals surface area (Å²) in [7, 11) is 0. The van der Waals surface area contributed by atoms with Gasteiger partial charge in [0.1, 0.15) is 5.84 Å². The third-order valence-corrected chi connectivity index (χ3v) is 6.69. The summed E-state index contributed by atoms with van der Waals surface area (Å²) in [5, 5.41) is 28.7. The molecule has 198 valence electrons. The number of carbonyl (C=O) groups excluding carboxylic acids is 3. The zero-order valence-electron chi connectivity index (χ0n) is 20.5. The highest BCUT2D eigenvalue weighted by atomic mass is 32.2. The van der Waals surface area contributed by atoms with E-state index in [-0.39, 0.29) is 35.2 Å². The maximum Gasteiger partial charge on any atom is 0.336 e. The molecule has 1 heterocycles. The second-order valence-corrected chi connectivity index (χ2v) is 9.78. The molecule has 0 aliphatic carbocycles. The van der Waals surface area contributed by atoms with Crippen LogP contribution in [0.4, 0.5) is 11.4 Å². The molecule has 1 aliphatic rings. The van der Waals surface area contributed by atoms with Gasteiger partial charge < -0.3 is 20.8 Å². The lowest BCUT2D eigenvalue weighted by Crippen LogP contribution is -2.35. The van der Waals surface area contributed by atoms with Crippen molar-refractivity contribution in [1.29, 1.82) is 0 Å². The van der Waals surface area contributed by atoms with Gasteiger partial charge in [0.05, 0.1) is 34.0 Å². The Balaban J connectivity index is 1.35. The van der Waals surface area contributed by atoms with Crippen molar-refractivity contribution in [3.8, 4) is 0 Å². The van der Waals surface area contributed by atoms with Crippen LogP contribution >= 0.6 is 11.8 Å². The van der Waals surface area contributed by atoms with Crippen molar-refractivity contribution < 1.29 is 34.2 Å². The number of anilines is 2. The van der Waals surface area contributed by atoms with Crippen molar-refractivity contribution in [2.45, 2.75) is 23.5 Å². The third-order valence-electron chi connectivity index (χ3n) is 5.58. The molecule has 0 radical (unpaired) electrons. The first-order valence-corrected chi connectivity index (χ1v) is 12.5. The van der Waals surface area contributed by atoms with E-state index < -0.39 is 28.7 Å². The first-order valence-electron chi connectivity index (χ1n) is 11.6. The van der Waals surface area contributed by atoms with Crippen molar-refractivity contribution in [3.05, 3.63) is 89.5 Å². The fraction of sp³-hybridized carbons (Fsp3) is 0.111. The van der Waals surface area contributed by atoms with E-state index >= 15 is 0 Å². The van der Waals surface area contributed by atoms with Crippen LogP contribution in [0, 0.1) is 0 Å². The SMILES string of the molecule is CC(Sc1ccc(NC(=O)c2ccc(C(=O)O)cc2C(=O)O)cc1)C(=O)NC1=NN(c2ccccc2)C(=O)C1. The molecule has 1 aliphatic heterocycles. The molecule has 12 heteroatoms. The Hall–Kier alpha value is -4.97. The minimum absolute atomic E-state index is 0.0188. The molecule has 0 aromatic heterocycles. The average Bonchev–Trinajstić information content (AvgIpc) is 3.29. The van der Waals surface area contributed by atoms with Crippen molar-refractivity contribution in [2.24, 2.45) is 5.10 Å². The van der Waals surface area contributed by atoms with E-state index in [0.29, 0.717) is 11.4 Å². The molecule has 11 nitrogen and oxygen atoms in total. The highest BCUT2D eigenvalue weighted by molar-refractivity contribution is 8.00. The number of carboxylic acid groups (broad SMARTS) is 2. The van der Waals surface area contributed by atoms with Crippen molar-refractivity contribution in [2.75, 3.05) is 10.3 Å². The smallest absolute Gasteiger partial charge is 0.336 e. The van der Waals surface area contributed by atoms with Gasteiger partial charge in [-0.1, -0.05) is 18.2 Å². The first-order chi connectivity index (χ1) is 18.6. The van der Waals surface area contributed by atoms with E-state index in [1.54, 1.807) is 55.5 Å². The molecule has 1 atom stereocenters. The number of amidine groups is 1. The molecular weight excluding hydrogens is 524 g/mol. The summed E-state index contributed by atoms with van der Waals surface area (Å²) < 4.78 is 0. The molecular formula is C27H22N4O7S. The van der Waals surface area contributed by atoms with Gasteiger partial charge in [-0.2, -0.15) is 10.1 Å². The topological polar surface area (TPSA) is 165 Å². The Morgan fingerprint density at radius 3 is 2.23 bits per heavy atom. The average molecular weight is 547 g/mol.